The van der Waals surface area contributed by atoms with E-state index in [9.17, 15) is 0 Å². The average molecular weight is 240 g/mol. The van der Waals surface area contributed by atoms with E-state index in [2.05, 4.69) is 17.3 Å². The highest BCUT2D eigenvalue weighted by Gasteiger charge is 2.33. The van der Waals surface area contributed by atoms with Crippen LogP contribution in [0.25, 0.3) is 0 Å². The maximum atomic E-state index is 5.48. The minimum atomic E-state index is 0.401. The minimum absolute atomic E-state index is 0.401. The van der Waals surface area contributed by atoms with Crippen molar-refractivity contribution in [1.82, 2.24) is 10.2 Å². The molecule has 3 nitrogen and oxygen atoms in total. The van der Waals surface area contributed by atoms with E-state index in [1.54, 1.807) is 0 Å². The number of rotatable bonds is 6. The fraction of sp³-hybridized carbons (Fsp3) is 1.00. The Morgan fingerprint density at radius 2 is 2.00 bits per heavy atom. The van der Waals surface area contributed by atoms with Crippen molar-refractivity contribution in [2.24, 2.45) is 11.3 Å². The third-order valence-corrected chi connectivity index (χ3v) is 4.51. The number of nitrogens with zero attached hydrogens (tertiary/aromatic N) is 1. The summed E-state index contributed by atoms with van der Waals surface area (Å²) in [5.74, 6) is 0.973. The van der Waals surface area contributed by atoms with Crippen molar-refractivity contribution in [2.45, 2.75) is 32.1 Å². The van der Waals surface area contributed by atoms with Gasteiger partial charge in [-0.25, -0.2) is 0 Å². The van der Waals surface area contributed by atoms with Crippen LogP contribution in [0.2, 0.25) is 0 Å². The molecule has 1 aliphatic heterocycles. The molecule has 0 bridgehead atoms. The topological polar surface area (TPSA) is 24.5 Å². The first-order valence-corrected chi connectivity index (χ1v) is 7.12. The Morgan fingerprint density at radius 1 is 1.29 bits per heavy atom. The van der Waals surface area contributed by atoms with Crippen LogP contribution in [0.5, 0.6) is 0 Å². The average Bonchev–Trinajstić information content (AvgIpc) is 2.25. The summed E-state index contributed by atoms with van der Waals surface area (Å²) < 4.78 is 5.48. The minimum Gasteiger partial charge on any atom is -0.384 e. The molecule has 2 rings (SSSR count). The highest BCUT2D eigenvalue weighted by molar-refractivity contribution is 4.87. The van der Waals surface area contributed by atoms with Gasteiger partial charge in [0.1, 0.15) is 0 Å². The van der Waals surface area contributed by atoms with Gasteiger partial charge < -0.3 is 15.0 Å². The SMILES string of the molecule is COCC1(CN(C)CC2CCC2)CCNCC1. The molecule has 0 aromatic rings. The van der Waals surface area contributed by atoms with Gasteiger partial charge in [0.25, 0.3) is 0 Å². The lowest BCUT2D eigenvalue weighted by atomic mass is 9.78. The predicted molar refractivity (Wildman–Crippen MR) is 71.3 cm³/mol. The molecule has 100 valence electrons. The molecule has 0 radical (unpaired) electrons. The molecule has 1 N–H and O–H groups in total. The zero-order chi connectivity index (χ0) is 12.1. The van der Waals surface area contributed by atoms with Gasteiger partial charge in [0, 0.05) is 25.6 Å². The molecule has 0 spiro atoms. The van der Waals surface area contributed by atoms with E-state index in [0.717, 1.165) is 25.6 Å². The van der Waals surface area contributed by atoms with E-state index >= 15 is 0 Å². The maximum absolute atomic E-state index is 5.48. The normalized spacial score (nSPS) is 24.9. The standard InChI is InChI=1S/C14H28N2O/c1-16(10-13-4-3-5-13)11-14(12-17-2)6-8-15-9-7-14/h13,15H,3-12H2,1-2H3. The van der Waals surface area contributed by atoms with Gasteiger partial charge >= 0.3 is 0 Å². The maximum Gasteiger partial charge on any atom is 0.0531 e. The van der Waals surface area contributed by atoms with Crippen LogP contribution in [0, 0.1) is 11.3 Å². The fourth-order valence-corrected chi connectivity index (χ4v) is 3.36. The lowest BCUT2D eigenvalue weighted by Gasteiger charge is -2.41. The third kappa shape index (κ3) is 3.67. The molecular weight excluding hydrogens is 212 g/mol. The van der Waals surface area contributed by atoms with Crippen LogP contribution >= 0.6 is 0 Å². The molecule has 0 unspecified atom stereocenters. The van der Waals surface area contributed by atoms with E-state index in [1.807, 2.05) is 7.11 Å². The molecule has 2 fully saturated rings. The Balaban J connectivity index is 1.82. The molecule has 0 amide bonds. The van der Waals surface area contributed by atoms with E-state index in [0.29, 0.717) is 5.41 Å². The second-order valence-corrected chi connectivity index (χ2v) is 6.18. The monoisotopic (exact) mass is 240 g/mol. The van der Waals surface area contributed by atoms with Crippen LogP contribution in [0.3, 0.4) is 0 Å². The lowest BCUT2D eigenvalue weighted by molar-refractivity contribution is 0.0222. The second kappa shape index (κ2) is 6.17. The largest absolute Gasteiger partial charge is 0.384 e. The molecule has 1 saturated heterocycles. The molecule has 0 aromatic heterocycles. The van der Waals surface area contributed by atoms with Gasteiger partial charge in [0.05, 0.1) is 6.61 Å². The summed E-state index contributed by atoms with van der Waals surface area (Å²) in [7, 11) is 4.13. The van der Waals surface area contributed by atoms with Gasteiger partial charge in [0.2, 0.25) is 0 Å². The van der Waals surface area contributed by atoms with Crippen molar-refractivity contribution in [3.8, 4) is 0 Å². The number of hydrogen-bond donors (Lipinski definition) is 1. The first-order chi connectivity index (χ1) is 8.24. The van der Waals surface area contributed by atoms with Crippen molar-refractivity contribution in [1.29, 1.82) is 0 Å². The summed E-state index contributed by atoms with van der Waals surface area (Å²) in [6.45, 7) is 5.73. The summed E-state index contributed by atoms with van der Waals surface area (Å²) in [5.41, 5.74) is 0.401. The third-order valence-electron chi connectivity index (χ3n) is 4.51. The van der Waals surface area contributed by atoms with Crippen LogP contribution < -0.4 is 5.32 Å². The second-order valence-electron chi connectivity index (χ2n) is 6.18. The van der Waals surface area contributed by atoms with Crippen molar-refractivity contribution in [2.75, 3.05) is 46.9 Å². The van der Waals surface area contributed by atoms with Gasteiger partial charge in [0.15, 0.2) is 0 Å². The smallest absolute Gasteiger partial charge is 0.0531 e. The van der Waals surface area contributed by atoms with Crippen molar-refractivity contribution in [3.63, 3.8) is 0 Å². The Labute approximate surface area is 106 Å². The van der Waals surface area contributed by atoms with Gasteiger partial charge in [-0.15, -0.1) is 0 Å². The van der Waals surface area contributed by atoms with E-state index < -0.39 is 0 Å². The molecule has 0 aromatic carbocycles. The Hall–Kier alpha value is -0.120. The lowest BCUT2D eigenvalue weighted by Crippen LogP contribution is -2.47. The molecular formula is C14H28N2O. The Morgan fingerprint density at radius 3 is 2.53 bits per heavy atom. The highest BCUT2D eigenvalue weighted by Crippen LogP contribution is 2.32. The number of ether oxygens (including phenoxy) is 1. The number of piperidine rings is 1. The summed E-state index contributed by atoms with van der Waals surface area (Å²) in [6, 6.07) is 0. The molecule has 2 aliphatic rings. The van der Waals surface area contributed by atoms with Crippen molar-refractivity contribution < 1.29 is 4.74 Å². The number of hydrogen-bond acceptors (Lipinski definition) is 3. The van der Waals surface area contributed by atoms with Crippen LogP contribution in [-0.2, 0) is 4.74 Å². The zero-order valence-electron chi connectivity index (χ0n) is 11.5. The summed E-state index contributed by atoms with van der Waals surface area (Å²) >= 11 is 0. The quantitative estimate of drug-likeness (QED) is 0.765. The fourth-order valence-electron chi connectivity index (χ4n) is 3.36. The highest BCUT2D eigenvalue weighted by atomic mass is 16.5. The molecule has 3 heteroatoms. The van der Waals surface area contributed by atoms with Crippen molar-refractivity contribution >= 4 is 0 Å². The first kappa shape index (κ1) is 13.3. The first-order valence-electron chi connectivity index (χ1n) is 7.12. The molecule has 1 aliphatic carbocycles. The van der Waals surface area contributed by atoms with Gasteiger partial charge in [-0.2, -0.15) is 0 Å². The summed E-state index contributed by atoms with van der Waals surface area (Å²) in [5, 5.41) is 3.46. The van der Waals surface area contributed by atoms with E-state index in [-0.39, 0.29) is 0 Å². The number of methoxy groups -OCH3 is 1. The molecule has 1 heterocycles. The predicted octanol–water partition coefficient (Wildman–Crippen LogP) is 1.73. The number of nitrogens with one attached hydrogen (secondary N) is 1. The van der Waals surface area contributed by atoms with Gasteiger partial charge in [-0.1, -0.05) is 6.42 Å². The van der Waals surface area contributed by atoms with Crippen molar-refractivity contribution in [3.05, 3.63) is 0 Å². The summed E-state index contributed by atoms with van der Waals surface area (Å²) in [4.78, 5) is 2.55. The van der Waals surface area contributed by atoms with Crippen LogP contribution in [-0.4, -0.2) is 51.8 Å². The zero-order valence-corrected chi connectivity index (χ0v) is 11.5. The van der Waals surface area contributed by atoms with Crippen LogP contribution in [0.1, 0.15) is 32.1 Å². The Bertz CT molecular complexity index is 217. The Kier molecular flexibility index (Phi) is 4.83. The van der Waals surface area contributed by atoms with E-state index in [4.69, 9.17) is 4.74 Å². The summed E-state index contributed by atoms with van der Waals surface area (Å²) in [6.07, 6.45) is 6.86. The van der Waals surface area contributed by atoms with E-state index in [1.165, 1.54) is 45.2 Å². The van der Waals surface area contributed by atoms with Gasteiger partial charge in [-0.3, -0.25) is 0 Å². The van der Waals surface area contributed by atoms with Crippen LogP contribution in [0.15, 0.2) is 0 Å². The molecule has 1 saturated carbocycles. The molecule has 17 heavy (non-hydrogen) atoms. The van der Waals surface area contributed by atoms with Gasteiger partial charge in [-0.05, 0) is 51.7 Å². The molecule has 0 atom stereocenters. The van der Waals surface area contributed by atoms with Crippen LogP contribution in [0.4, 0.5) is 0 Å².